The zero-order valence-corrected chi connectivity index (χ0v) is 5.93. The van der Waals surface area contributed by atoms with Crippen molar-refractivity contribution in [3.8, 4) is 0 Å². The van der Waals surface area contributed by atoms with Gasteiger partial charge in [-0.3, -0.25) is 0 Å². The molecule has 0 bridgehead atoms. The maximum atomic E-state index is 10.8. The van der Waals surface area contributed by atoms with Crippen molar-refractivity contribution in [1.29, 1.82) is 0 Å². The molecule has 0 aliphatic carbocycles. The Morgan fingerprint density at radius 1 is 1.55 bits per heavy atom. The summed E-state index contributed by atoms with van der Waals surface area (Å²) >= 11 is 0. The van der Waals surface area contributed by atoms with Crippen LogP contribution in [0, 0.1) is 5.21 Å². The fraction of sp³-hybridized carbons (Fsp3) is 0.500. The average molecular weight is 154 g/mol. The van der Waals surface area contributed by atoms with Crippen LogP contribution in [0.1, 0.15) is 0 Å². The van der Waals surface area contributed by atoms with Crippen LogP contribution < -0.4 is 4.90 Å². The third-order valence-corrected chi connectivity index (χ3v) is 1.68. The third kappa shape index (κ3) is 1.20. The van der Waals surface area contributed by atoms with Crippen LogP contribution in [0.15, 0.2) is 16.8 Å². The summed E-state index contributed by atoms with van der Waals surface area (Å²) in [5, 5.41) is 15.3. The van der Waals surface area contributed by atoms with Crippen LogP contribution in [0.5, 0.6) is 0 Å². The van der Waals surface area contributed by atoms with E-state index in [1.165, 1.54) is 0 Å². The maximum absolute atomic E-state index is 10.8. The van der Waals surface area contributed by atoms with E-state index in [1.807, 2.05) is 4.90 Å². The SMILES string of the molecule is [O-]N1CCN(c2ccno2)C1. The monoisotopic (exact) mass is 154 g/mol. The van der Waals surface area contributed by atoms with Crippen molar-refractivity contribution in [3.05, 3.63) is 17.5 Å². The quantitative estimate of drug-likeness (QED) is 0.580. The first-order valence-electron chi connectivity index (χ1n) is 3.44. The summed E-state index contributed by atoms with van der Waals surface area (Å²) in [6, 6.07) is 1.75. The van der Waals surface area contributed by atoms with Crippen LogP contribution in [0.25, 0.3) is 0 Å². The lowest BCUT2D eigenvalue weighted by Gasteiger charge is -2.20. The lowest BCUT2D eigenvalue weighted by Crippen LogP contribution is -2.20. The Kier molecular flexibility index (Phi) is 1.52. The Balaban J connectivity index is 2.08. The highest BCUT2D eigenvalue weighted by atomic mass is 16.5. The molecule has 5 heteroatoms. The van der Waals surface area contributed by atoms with Crippen LogP contribution in [-0.4, -0.2) is 30.0 Å². The molecule has 0 amide bonds. The molecule has 11 heavy (non-hydrogen) atoms. The van der Waals surface area contributed by atoms with Gasteiger partial charge in [0.05, 0.1) is 12.9 Å². The molecule has 0 aromatic carbocycles. The summed E-state index contributed by atoms with van der Waals surface area (Å²) in [6.45, 7) is 1.65. The number of aromatic nitrogens is 1. The standard InChI is InChI=1S/C6H8N3O2/c10-9-4-3-8(5-9)6-1-2-7-11-6/h1-2H,3-5H2/q-1. The van der Waals surface area contributed by atoms with Crippen molar-refractivity contribution in [3.63, 3.8) is 0 Å². The zero-order chi connectivity index (χ0) is 7.68. The Morgan fingerprint density at radius 2 is 2.45 bits per heavy atom. The molecular formula is C6H8N3O2-. The van der Waals surface area contributed by atoms with Gasteiger partial charge in [-0.15, -0.1) is 0 Å². The van der Waals surface area contributed by atoms with E-state index >= 15 is 0 Å². The first-order valence-corrected chi connectivity index (χ1v) is 3.44. The van der Waals surface area contributed by atoms with E-state index in [-0.39, 0.29) is 0 Å². The van der Waals surface area contributed by atoms with Gasteiger partial charge in [0.25, 0.3) is 0 Å². The molecule has 0 radical (unpaired) electrons. The lowest BCUT2D eigenvalue weighted by molar-refractivity contribution is 0.411. The zero-order valence-electron chi connectivity index (χ0n) is 5.93. The second-order valence-corrected chi connectivity index (χ2v) is 2.46. The predicted molar refractivity (Wildman–Crippen MR) is 38.8 cm³/mol. The summed E-state index contributed by atoms with van der Waals surface area (Å²) in [4.78, 5) is 1.85. The predicted octanol–water partition coefficient (Wildman–Crippen LogP) is 0.252. The van der Waals surface area contributed by atoms with E-state index in [9.17, 15) is 5.21 Å². The van der Waals surface area contributed by atoms with Gasteiger partial charge in [0.15, 0.2) is 0 Å². The van der Waals surface area contributed by atoms with Gasteiger partial charge in [-0.1, -0.05) is 5.16 Å². The topological polar surface area (TPSA) is 55.6 Å². The number of nitrogens with zero attached hydrogens (tertiary/aromatic N) is 3. The highest BCUT2D eigenvalue weighted by Crippen LogP contribution is 2.15. The number of anilines is 1. The Labute approximate surface area is 63.8 Å². The highest BCUT2D eigenvalue weighted by molar-refractivity contribution is 5.33. The minimum absolute atomic E-state index is 0.384. The molecule has 1 aliphatic heterocycles. The second kappa shape index (κ2) is 2.52. The Morgan fingerprint density at radius 3 is 3.00 bits per heavy atom. The molecule has 0 N–H and O–H groups in total. The largest absolute Gasteiger partial charge is 0.784 e. The van der Waals surface area contributed by atoms with Gasteiger partial charge in [-0.2, -0.15) is 0 Å². The number of hydroxylamine groups is 2. The van der Waals surface area contributed by atoms with Gasteiger partial charge in [-0.25, -0.2) is 0 Å². The number of hydrogen-bond acceptors (Lipinski definition) is 5. The molecule has 2 rings (SSSR count). The van der Waals surface area contributed by atoms with Gasteiger partial charge in [-0.05, 0) is 0 Å². The van der Waals surface area contributed by atoms with Crippen LogP contribution in [0.3, 0.4) is 0 Å². The van der Waals surface area contributed by atoms with Crippen molar-refractivity contribution in [1.82, 2.24) is 10.2 Å². The van der Waals surface area contributed by atoms with Crippen LogP contribution >= 0.6 is 0 Å². The molecule has 0 saturated carbocycles. The third-order valence-electron chi connectivity index (χ3n) is 1.68. The van der Waals surface area contributed by atoms with Crippen molar-refractivity contribution in [2.24, 2.45) is 0 Å². The van der Waals surface area contributed by atoms with E-state index in [0.717, 1.165) is 11.6 Å². The summed E-state index contributed by atoms with van der Waals surface area (Å²) in [5.74, 6) is 0.670. The van der Waals surface area contributed by atoms with Gasteiger partial charge in [0.1, 0.15) is 0 Å². The number of rotatable bonds is 1. The summed E-state index contributed by atoms with van der Waals surface area (Å²) in [7, 11) is 0. The van der Waals surface area contributed by atoms with Gasteiger partial charge in [0.2, 0.25) is 5.88 Å². The fourth-order valence-corrected chi connectivity index (χ4v) is 1.12. The second-order valence-electron chi connectivity index (χ2n) is 2.46. The molecule has 0 spiro atoms. The summed E-state index contributed by atoms with van der Waals surface area (Å²) in [5.41, 5.74) is 0. The molecule has 1 fully saturated rings. The highest BCUT2D eigenvalue weighted by Gasteiger charge is 2.15. The molecule has 1 aromatic rings. The smallest absolute Gasteiger partial charge is 0.228 e. The minimum atomic E-state index is 0.384. The van der Waals surface area contributed by atoms with E-state index in [1.54, 1.807) is 12.3 Å². The summed E-state index contributed by atoms with van der Waals surface area (Å²) < 4.78 is 4.88. The Hall–Kier alpha value is -1.07. The van der Waals surface area contributed by atoms with Crippen molar-refractivity contribution in [2.75, 3.05) is 24.7 Å². The summed E-state index contributed by atoms with van der Waals surface area (Å²) in [6.07, 6.45) is 1.57. The molecule has 1 aromatic heterocycles. The van der Waals surface area contributed by atoms with Gasteiger partial charge >= 0.3 is 0 Å². The van der Waals surface area contributed by atoms with Gasteiger partial charge in [0, 0.05) is 19.2 Å². The molecule has 1 aliphatic rings. The van der Waals surface area contributed by atoms with E-state index in [2.05, 4.69) is 5.16 Å². The number of hydrogen-bond donors (Lipinski definition) is 0. The molecule has 0 unspecified atom stereocenters. The molecule has 2 heterocycles. The molecule has 1 saturated heterocycles. The maximum Gasteiger partial charge on any atom is 0.228 e. The van der Waals surface area contributed by atoms with Crippen molar-refractivity contribution in [2.45, 2.75) is 0 Å². The molecule has 0 atom stereocenters. The van der Waals surface area contributed by atoms with Crippen molar-refractivity contribution < 1.29 is 4.52 Å². The van der Waals surface area contributed by atoms with E-state index < -0.39 is 0 Å². The fourth-order valence-electron chi connectivity index (χ4n) is 1.12. The van der Waals surface area contributed by atoms with Crippen LogP contribution in [0.2, 0.25) is 0 Å². The van der Waals surface area contributed by atoms with Gasteiger partial charge < -0.3 is 19.7 Å². The van der Waals surface area contributed by atoms with E-state index in [4.69, 9.17) is 4.52 Å². The van der Waals surface area contributed by atoms with Crippen LogP contribution in [-0.2, 0) is 0 Å². The lowest BCUT2D eigenvalue weighted by atomic mass is 10.5. The first-order chi connectivity index (χ1) is 5.36. The molecular weight excluding hydrogens is 146 g/mol. The first kappa shape index (κ1) is 6.63. The van der Waals surface area contributed by atoms with Crippen LogP contribution in [0.4, 0.5) is 5.88 Å². The molecule has 5 nitrogen and oxygen atoms in total. The van der Waals surface area contributed by atoms with Crippen molar-refractivity contribution >= 4 is 5.88 Å². The average Bonchev–Trinajstić information content (AvgIpc) is 2.55. The molecule has 60 valence electrons. The minimum Gasteiger partial charge on any atom is -0.784 e. The van der Waals surface area contributed by atoms with E-state index in [0.29, 0.717) is 19.1 Å². The normalized spacial score (nSPS) is 19.5. The Bertz CT molecular complexity index is 224.